The van der Waals surface area contributed by atoms with Crippen LogP contribution in [0.1, 0.15) is 26.7 Å². The standard InChI is InChI=1S/C8H17NO3S2/c1-7(2)14(9,12)8-3-5-13(10,11)6-4-8/h7-9H,3-6H2,1-2H3. The van der Waals surface area contributed by atoms with Crippen LogP contribution in [-0.4, -0.2) is 34.6 Å². The molecule has 0 amide bonds. The highest BCUT2D eigenvalue weighted by atomic mass is 32.2. The number of hydrogen-bond acceptors (Lipinski definition) is 4. The maximum absolute atomic E-state index is 11.9. The van der Waals surface area contributed by atoms with E-state index >= 15 is 0 Å². The first kappa shape index (κ1) is 12.0. The maximum atomic E-state index is 11.9. The van der Waals surface area contributed by atoms with Crippen LogP contribution in [0, 0.1) is 4.78 Å². The Morgan fingerprint density at radius 2 is 1.71 bits per heavy atom. The monoisotopic (exact) mass is 239 g/mol. The van der Waals surface area contributed by atoms with Gasteiger partial charge in [-0.3, -0.25) is 4.78 Å². The lowest BCUT2D eigenvalue weighted by Gasteiger charge is -2.26. The van der Waals surface area contributed by atoms with Crippen molar-refractivity contribution in [2.75, 3.05) is 11.5 Å². The van der Waals surface area contributed by atoms with E-state index in [1.807, 2.05) is 0 Å². The van der Waals surface area contributed by atoms with Crippen LogP contribution in [0.2, 0.25) is 0 Å². The van der Waals surface area contributed by atoms with Crippen molar-refractivity contribution in [1.82, 2.24) is 0 Å². The van der Waals surface area contributed by atoms with Gasteiger partial charge in [0.15, 0.2) is 0 Å². The van der Waals surface area contributed by atoms with Gasteiger partial charge >= 0.3 is 0 Å². The smallest absolute Gasteiger partial charge is 0.150 e. The zero-order valence-electron chi connectivity index (χ0n) is 8.52. The molecule has 1 fully saturated rings. The Kier molecular flexibility index (Phi) is 3.26. The van der Waals surface area contributed by atoms with Gasteiger partial charge in [0.1, 0.15) is 9.84 Å². The summed E-state index contributed by atoms with van der Waals surface area (Å²) in [5.74, 6) is 0.195. The van der Waals surface area contributed by atoms with Gasteiger partial charge in [0.25, 0.3) is 0 Å². The number of rotatable bonds is 2. The fourth-order valence-electron chi connectivity index (χ4n) is 1.60. The van der Waals surface area contributed by atoms with Gasteiger partial charge in [0.2, 0.25) is 0 Å². The minimum absolute atomic E-state index is 0.0975. The highest BCUT2D eigenvalue weighted by Crippen LogP contribution is 2.23. The lowest BCUT2D eigenvalue weighted by atomic mass is 10.2. The quantitative estimate of drug-likeness (QED) is 0.781. The molecule has 84 valence electrons. The van der Waals surface area contributed by atoms with Crippen LogP contribution in [0.4, 0.5) is 0 Å². The van der Waals surface area contributed by atoms with Crippen molar-refractivity contribution in [2.45, 2.75) is 37.2 Å². The van der Waals surface area contributed by atoms with Gasteiger partial charge in [-0.05, 0) is 12.8 Å². The molecule has 1 N–H and O–H groups in total. The van der Waals surface area contributed by atoms with Gasteiger partial charge in [0.05, 0.1) is 11.5 Å². The molecule has 0 spiro atoms. The molecule has 0 aromatic carbocycles. The molecule has 1 heterocycles. The Hall–Kier alpha value is -0.100. The molecule has 0 aromatic heterocycles. The second-order valence-corrected chi connectivity index (χ2v) is 9.26. The summed E-state index contributed by atoms with van der Waals surface area (Å²) in [6.45, 7) is 3.52. The molecule has 6 heteroatoms. The average Bonchev–Trinajstić information content (AvgIpc) is 2.03. The first-order valence-electron chi connectivity index (χ1n) is 4.72. The number of sulfone groups is 1. The van der Waals surface area contributed by atoms with Gasteiger partial charge in [-0.25, -0.2) is 12.6 Å². The molecule has 0 bridgehead atoms. The van der Waals surface area contributed by atoms with Crippen molar-refractivity contribution in [3.63, 3.8) is 0 Å². The van der Waals surface area contributed by atoms with Crippen LogP contribution in [-0.2, 0) is 19.6 Å². The molecule has 1 aliphatic heterocycles. The molecule has 1 atom stereocenters. The van der Waals surface area contributed by atoms with Gasteiger partial charge in [-0.2, -0.15) is 0 Å². The number of nitrogens with one attached hydrogen (secondary N) is 1. The predicted octanol–water partition coefficient (Wildman–Crippen LogP) is 1.02. The molecular formula is C8H17NO3S2. The van der Waals surface area contributed by atoms with E-state index in [9.17, 15) is 12.6 Å². The molecule has 1 unspecified atom stereocenters. The molecule has 1 aliphatic rings. The fourth-order valence-corrected chi connectivity index (χ4v) is 5.10. The third-order valence-electron chi connectivity index (χ3n) is 2.70. The molecule has 14 heavy (non-hydrogen) atoms. The average molecular weight is 239 g/mol. The summed E-state index contributed by atoms with van der Waals surface area (Å²) in [7, 11) is -5.53. The predicted molar refractivity (Wildman–Crippen MR) is 57.7 cm³/mol. The zero-order chi connectivity index (χ0) is 11.0. The van der Waals surface area contributed by atoms with Crippen molar-refractivity contribution in [1.29, 1.82) is 4.78 Å². The summed E-state index contributed by atoms with van der Waals surface area (Å²) in [6, 6.07) is 0. The van der Waals surface area contributed by atoms with Gasteiger partial charge in [-0.15, -0.1) is 0 Å². The van der Waals surface area contributed by atoms with Gasteiger partial charge < -0.3 is 0 Å². The van der Waals surface area contributed by atoms with E-state index in [0.717, 1.165) is 0 Å². The summed E-state index contributed by atoms with van der Waals surface area (Å²) in [5.41, 5.74) is 0. The highest BCUT2D eigenvalue weighted by Gasteiger charge is 2.31. The minimum Gasteiger partial charge on any atom is -0.252 e. The van der Waals surface area contributed by atoms with Crippen LogP contribution in [0.15, 0.2) is 0 Å². The molecule has 0 saturated carbocycles. The molecule has 1 saturated heterocycles. The van der Waals surface area contributed by atoms with E-state index in [1.165, 1.54) is 0 Å². The Balaban J connectivity index is 2.77. The van der Waals surface area contributed by atoms with Crippen LogP contribution >= 0.6 is 0 Å². The van der Waals surface area contributed by atoms with E-state index in [2.05, 4.69) is 0 Å². The molecule has 4 nitrogen and oxygen atoms in total. The van der Waals surface area contributed by atoms with Crippen molar-refractivity contribution in [2.24, 2.45) is 0 Å². The van der Waals surface area contributed by atoms with Gasteiger partial charge in [0, 0.05) is 20.2 Å². The lowest BCUT2D eigenvalue weighted by molar-refractivity contribution is 0.571. The molecular weight excluding hydrogens is 222 g/mol. The Bertz CT molecular complexity index is 380. The van der Waals surface area contributed by atoms with Crippen molar-refractivity contribution in [3.05, 3.63) is 0 Å². The third kappa shape index (κ3) is 2.48. The normalized spacial score (nSPS) is 27.4. The van der Waals surface area contributed by atoms with Crippen molar-refractivity contribution in [3.8, 4) is 0 Å². The number of hydrogen-bond donors (Lipinski definition) is 1. The zero-order valence-corrected chi connectivity index (χ0v) is 10.2. The van der Waals surface area contributed by atoms with Gasteiger partial charge in [-0.1, -0.05) is 13.8 Å². The fraction of sp³-hybridized carbons (Fsp3) is 1.00. The topological polar surface area (TPSA) is 75.1 Å². The summed E-state index contributed by atoms with van der Waals surface area (Å²) in [6.07, 6.45) is 0.783. The van der Waals surface area contributed by atoms with E-state index in [4.69, 9.17) is 4.78 Å². The van der Waals surface area contributed by atoms with Crippen LogP contribution in [0.3, 0.4) is 0 Å². The van der Waals surface area contributed by atoms with Crippen LogP contribution in [0.25, 0.3) is 0 Å². The molecule has 0 aromatic rings. The third-order valence-corrected chi connectivity index (χ3v) is 7.28. The lowest BCUT2D eigenvalue weighted by Crippen LogP contribution is -2.35. The van der Waals surface area contributed by atoms with E-state index in [1.54, 1.807) is 13.8 Å². The second kappa shape index (κ2) is 3.81. The first-order chi connectivity index (χ1) is 6.26. The van der Waals surface area contributed by atoms with Crippen LogP contribution in [0.5, 0.6) is 0 Å². The van der Waals surface area contributed by atoms with Crippen molar-refractivity contribution < 1.29 is 12.6 Å². The summed E-state index contributed by atoms with van der Waals surface area (Å²) in [4.78, 5) is 0. The van der Waals surface area contributed by atoms with Crippen molar-refractivity contribution >= 4 is 19.6 Å². The Morgan fingerprint density at radius 1 is 1.29 bits per heavy atom. The summed E-state index contributed by atoms with van der Waals surface area (Å²) < 4.78 is 41.9. The maximum Gasteiger partial charge on any atom is 0.150 e. The first-order valence-corrected chi connectivity index (χ1v) is 8.23. The highest BCUT2D eigenvalue weighted by molar-refractivity contribution is 7.94. The Labute approximate surface area is 86.0 Å². The van der Waals surface area contributed by atoms with E-state index in [-0.39, 0.29) is 22.0 Å². The SMILES string of the molecule is CC(C)S(=N)(=O)C1CCS(=O)(=O)CC1. The molecule has 0 aliphatic carbocycles. The summed E-state index contributed by atoms with van der Waals surface area (Å²) in [5, 5.41) is -0.417. The minimum atomic E-state index is -2.91. The molecule has 0 radical (unpaired) electrons. The van der Waals surface area contributed by atoms with Crippen LogP contribution < -0.4 is 0 Å². The molecule has 1 rings (SSSR count). The second-order valence-electron chi connectivity index (χ2n) is 4.05. The van der Waals surface area contributed by atoms with E-state index < -0.39 is 19.6 Å². The largest absolute Gasteiger partial charge is 0.252 e. The van der Waals surface area contributed by atoms with E-state index in [0.29, 0.717) is 12.8 Å². The Morgan fingerprint density at radius 3 is 2.07 bits per heavy atom. The summed E-state index contributed by atoms with van der Waals surface area (Å²) >= 11 is 0.